The molecular weight excluding hydrogens is 1080 g/mol. The van der Waals surface area contributed by atoms with Crippen LogP contribution in [0.4, 0.5) is 15.3 Å². The van der Waals surface area contributed by atoms with Gasteiger partial charge in [-0.25, -0.2) is 14.4 Å². The maximum atomic E-state index is 14.5. The van der Waals surface area contributed by atoms with Crippen LogP contribution in [-0.2, 0) is 43.0 Å². The van der Waals surface area contributed by atoms with E-state index in [-0.39, 0.29) is 54.3 Å². The van der Waals surface area contributed by atoms with Gasteiger partial charge in [0, 0.05) is 60.9 Å². The molecule has 0 aromatic heterocycles. The number of likely N-dealkylation sites (tertiary alicyclic amines) is 1. The highest BCUT2D eigenvalue weighted by Crippen LogP contribution is 2.35. The lowest BCUT2D eigenvalue weighted by molar-refractivity contribution is -0.271. The number of aliphatic carboxylic acids is 1. The number of hydrogen-bond acceptors (Lipinski definition) is 18. The summed E-state index contributed by atoms with van der Waals surface area (Å²) in [6.45, 7) is 14.2. The van der Waals surface area contributed by atoms with Crippen LogP contribution >= 0.6 is 0 Å². The molecule has 15 atom stereocenters. The van der Waals surface area contributed by atoms with Crippen molar-refractivity contribution in [3.05, 3.63) is 54.1 Å². The number of likely N-dealkylation sites (N-methyl/N-ethyl adjacent to an activating group) is 3. The molecule has 0 unspecified atom stereocenters. The highest BCUT2D eigenvalue weighted by Gasteiger charge is 2.49. The number of carbonyl (C=O) groups is 8. The molecule has 2 aliphatic rings. The fraction of sp³-hybridized carbons (Fsp3) is 0.649. The Morgan fingerprint density at radius 3 is 2.05 bits per heavy atom. The van der Waals surface area contributed by atoms with Gasteiger partial charge in [-0.2, -0.15) is 0 Å². The summed E-state index contributed by atoms with van der Waals surface area (Å²) in [7, 11) is 7.00. The topological polar surface area (TPSA) is 359 Å². The van der Waals surface area contributed by atoms with E-state index in [2.05, 4.69) is 16.0 Å². The Morgan fingerprint density at radius 2 is 1.48 bits per heavy atom. The molecule has 26 nitrogen and oxygen atoms in total. The Balaban J connectivity index is 1.48. The van der Waals surface area contributed by atoms with Crippen molar-refractivity contribution < 1.29 is 87.6 Å². The first-order chi connectivity index (χ1) is 39.1. The summed E-state index contributed by atoms with van der Waals surface area (Å²) in [6, 6.07) is 7.37. The third kappa shape index (κ3) is 17.3. The van der Waals surface area contributed by atoms with Crippen LogP contribution in [0.15, 0.2) is 48.5 Å². The van der Waals surface area contributed by atoms with Crippen molar-refractivity contribution in [3.63, 3.8) is 0 Å². The maximum absolute atomic E-state index is 14.5. The molecular formula is C57H88N8O18. The van der Waals surface area contributed by atoms with Crippen molar-refractivity contribution in [1.82, 2.24) is 30.2 Å². The van der Waals surface area contributed by atoms with E-state index >= 15 is 0 Å². The SMILES string of the molecule is CC[C@H](C)[C@@H]([C@@H](CC(=O)N1CCC[C@H]1[C@H](OC)[C@@H](C)C(=O)N[C@H](C)[C@@H](O)c1ccccc1)OC)N(C)C(=O)N(C)C(=O)[C@@H](NC(=O)[C@H](C(C)C)N(C)C(=O)Oc1ccc(O[C@@H]2O[C@H](C(=O)O)[C@@H](O)[C@H](O)[C@H]2O)c(NC(=O)CCN)c1)C(C)C. The molecule has 2 heterocycles. The number of rotatable bonds is 27. The van der Waals surface area contributed by atoms with Gasteiger partial charge in [-0.05, 0) is 55.2 Å². The first-order valence-electron chi connectivity index (χ1n) is 28.0. The van der Waals surface area contributed by atoms with E-state index in [1.54, 1.807) is 70.7 Å². The lowest BCUT2D eigenvalue weighted by Crippen LogP contribution is -2.61. The van der Waals surface area contributed by atoms with Gasteiger partial charge in [-0.3, -0.25) is 33.8 Å². The van der Waals surface area contributed by atoms with Gasteiger partial charge >= 0.3 is 18.1 Å². The highest BCUT2D eigenvalue weighted by atomic mass is 16.7. The molecule has 2 fully saturated rings. The Kier molecular flexibility index (Phi) is 26.1. The number of aliphatic hydroxyl groups is 4. The molecule has 2 aromatic rings. The number of nitrogens with zero attached hydrogens (tertiary/aromatic N) is 4. The summed E-state index contributed by atoms with van der Waals surface area (Å²) in [5.74, 6) is -7.06. The highest BCUT2D eigenvalue weighted by molar-refractivity contribution is 5.99. The second kappa shape index (κ2) is 31.4. The molecule has 464 valence electrons. The Hall–Kier alpha value is -6.52. The molecule has 26 heteroatoms. The number of carboxylic acids is 1. The molecule has 4 rings (SSSR count). The van der Waals surface area contributed by atoms with E-state index < -0.39 is 133 Å². The van der Waals surface area contributed by atoms with E-state index in [0.717, 1.165) is 15.9 Å². The molecule has 0 saturated carbocycles. The Labute approximate surface area is 485 Å². The average molecular weight is 1170 g/mol. The second-order valence-electron chi connectivity index (χ2n) is 22.1. The zero-order valence-corrected chi connectivity index (χ0v) is 49.8. The van der Waals surface area contributed by atoms with Crippen LogP contribution in [0, 0.1) is 23.7 Å². The van der Waals surface area contributed by atoms with E-state index in [1.807, 2.05) is 19.9 Å². The van der Waals surface area contributed by atoms with Gasteiger partial charge in [-0.1, -0.05) is 85.2 Å². The minimum absolute atomic E-state index is 0.0634. The number of hydrogen-bond donors (Lipinski definition) is 9. The Morgan fingerprint density at radius 1 is 0.831 bits per heavy atom. The number of carbonyl (C=O) groups excluding carboxylic acids is 7. The second-order valence-corrected chi connectivity index (χ2v) is 22.1. The molecule has 8 amide bonds. The minimum Gasteiger partial charge on any atom is -0.479 e. The van der Waals surface area contributed by atoms with Gasteiger partial charge in [0.25, 0.3) is 5.91 Å². The van der Waals surface area contributed by atoms with Crippen molar-refractivity contribution in [2.75, 3.05) is 53.8 Å². The molecule has 2 saturated heterocycles. The summed E-state index contributed by atoms with van der Waals surface area (Å²) >= 11 is 0. The maximum Gasteiger partial charge on any atom is 0.415 e. The lowest BCUT2D eigenvalue weighted by Gasteiger charge is -2.40. The summed E-state index contributed by atoms with van der Waals surface area (Å²) in [5.41, 5.74) is 6.04. The number of carboxylic acid groups (broad SMARTS) is 1. The number of methoxy groups -OCH3 is 2. The van der Waals surface area contributed by atoms with Crippen molar-refractivity contribution in [1.29, 1.82) is 0 Å². The fourth-order valence-electron chi connectivity index (χ4n) is 10.6. The quantitative estimate of drug-likeness (QED) is 0.0618. The van der Waals surface area contributed by atoms with Crippen LogP contribution in [0.25, 0.3) is 0 Å². The van der Waals surface area contributed by atoms with E-state index in [0.29, 0.717) is 31.4 Å². The lowest BCUT2D eigenvalue weighted by atomic mass is 9.90. The van der Waals surface area contributed by atoms with Gasteiger partial charge in [0.15, 0.2) is 6.10 Å². The first-order valence-corrected chi connectivity index (χ1v) is 28.0. The van der Waals surface area contributed by atoms with Crippen molar-refractivity contribution in [3.8, 4) is 11.5 Å². The van der Waals surface area contributed by atoms with Crippen molar-refractivity contribution in [2.45, 2.75) is 167 Å². The van der Waals surface area contributed by atoms with Crippen LogP contribution in [-0.4, -0.2) is 214 Å². The van der Waals surface area contributed by atoms with Crippen LogP contribution in [0.2, 0.25) is 0 Å². The minimum atomic E-state index is -2.00. The van der Waals surface area contributed by atoms with Crippen molar-refractivity contribution >= 4 is 53.3 Å². The van der Waals surface area contributed by atoms with Gasteiger partial charge in [0.1, 0.15) is 41.9 Å². The van der Waals surface area contributed by atoms with Gasteiger partial charge in [0.05, 0.1) is 54.5 Å². The third-order valence-electron chi connectivity index (χ3n) is 15.5. The number of anilines is 1. The zero-order valence-electron chi connectivity index (χ0n) is 49.8. The number of aliphatic hydroxyl groups excluding tert-OH is 4. The first kappa shape index (κ1) is 69.0. The molecule has 0 bridgehead atoms. The molecule has 0 spiro atoms. The number of benzene rings is 2. The van der Waals surface area contributed by atoms with Crippen LogP contribution in [0.3, 0.4) is 0 Å². The molecule has 0 radical (unpaired) electrons. The molecule has 10 N–H and O–H groups in total. The number of urea groups is 1. The predicted octanol–water partition coefficient (Wildman–Crippen LogP) is 2.05. The monoisotopic (exact) mass is 1170 g/mol. The van der Waals surface area contributed by atoms with Gasteiger partial charge in [0.2, 0.25) is 29.9 Å². The zero-order chi connectivity index (χ0) is 62.3. The predicted molar refractivity (Wildman–Crippen MR) is 301 cm³/mol. The van der Waals surface area contributed by atoms with E-state index in [4.69, 9.17) is 29.4 Å². The molecule has 2 aliphatic heterocycles. The average Bonchev–Trinajstić information content (AvgIpc) is 3.92. The fourth-order valence-corrected chi connectivity index (χ4v) is 10.6. The molecule has 0 aliphatic carbocycles. The number of nitrogens with one attached hydrogen (secondary N) is 3. The van der Waals surface area contributed by atoms with Gasteiger partial charge in [-0.15, -0.1) is 0 Å². The Bertz CT molecular complexity index is 2530. The van der Waals surface area contributed by atoms with Gasteiger partial charge < -0.3 is 80.7 Å². The summed E-state index contributed by atoms with van der Waals surface area (Å²) in [5, 5.41) is 59.6. The molecule has 83 heavy (non-hydrogen) atoms. The van der Waals surface area contributed by atoms with Crippen molar-refractivity contribution in [2.24, 2.45) is 29.4 Å². The van der Waals surface area contributed by atoms with Crippen LogP contribution < -0.4 is 31.2 Å². The molecule has 2 aromatic carbocycles. The third-order valence-corrected chi connectivity index (χ3v) is 15.5. The van der Waals surface area contributed by atoms with Crippen LogP contribution in [0.5, 0.6) is 11.5 Å². The summed E-state index contributed by atoms with van der Waals surface area (Å²) in [4.78, 5) is 114. The smallest absolute Gasteiger partial charge is 0.415 e. The van der Waals surface area contributed by atoms with E-state index in [1.165, 1.54) is 52.4 Å². The standard InChI is InChI=1S/C57H88N8O18/c1-14-31(6)44(39(79-12)28-41(67)65-26-18-21-37(65)49(80-13)32(7)51(72)59-33(8)45(68)34-19-16-15-17-20-34)62(9)56(77)64(11)53(74)42(29(2)3)61-52(73)43(30(4)5)63(10)57(78)81-35-22-23-38(36(27-35)60-40(66)24-25-58)82-55-48(71)46(69)47(70)50(83-55)54(75)76/h15-17,19-20,22-23,27,29-33,37,39,42-50,55,68-71H,14,18,21,24-26,28,58H2,1-13H3,(H,59,72)(H,60,66)(H,61,73)(H,75,76)/t31-,32+,33+,37-,39+,42-,43-,44-,45+,46-,47-,48+,49+,50-,55+/m0/s1. The number of ether oxygens (including phenoxy) is 5. The number of nitrogens with two attached hydrogens (primary N) is 1. The largest absolute Gasteiger partial charge is 0.479 e. The summed E-state index contributed by atoms with van der Waals surface area (Å²) in [6.07, 6.45) is -12.0. The van der Waals surface area contributed by atoms with E-state index in [9.17, 15) is 63.9 Å². The van der Waals surface area contributed by atoms with Crippen LogP contribution in [0.1, 0.15) is 99.2 Å². The number of amides is 8. The normalized spacial score (nSPS) is 22.1. The number of imide groups is 1. The summed E-state index contributed by atoms with van der Waals surface area (Å²) < 4.78 is 28.5.